The molecule has 0 aliphatic carbocycles. The molecular weight excluding hydrogens is 308 g/mol. The number of ether oxygens (including phenoxy) is 1. The number of thioether (sulfide) groups is 1. The molecule has 1 aromatic heterocycles. The summed E-state index contributed by atoms with van der Waals surface area (Å²) in [7, 11) is 0. The first-order chi connectivity index (χ1) is 11.3. The minimum absolute atomic E-state index is 0.0734. The number of aromatic nitrogens is 2. The first kappa shape index (κ1) is 16.1. The standard InChI is InChI=1S/C18H22N2O2S/c1-2-3-5-11-15-16(22-14-9-6-4-7-10-14)19-18-20(17(15)21)12-8-13-23-18/h4,6-7,9-10H,2-3,5,8,11-13H2,1H3. The van der Waals surface area contributed by atoms with Crippen LogP contribution in [0.1, 0.15) is 38.2 Å². The van der Waals surface area contributed by atoms with Gasteiger partial charge < -0.3 is 4.74 Å². The highest BCUT2D eigenvalue weighted by Crippen LogP contribution is 2.28. The molecule has 0 amide bonds. The van der Waals surface area contributed by atoms with Gasteiger partial charge in [0.1, 0.15) is 5.75 Å². The normalized spacial score (nSPS) is 13.6. The number of benzene rings is 1. The summed E-state index contributed by atoms with van der Waals surface area (Å²) >= 11 is 1.64. The van der Waals surface area contributed by atoms with Gasteiger partial charge >= 0.3 is 0 Å². The van der Waals surface area contributed by atoms with Crippen molar-refractivity contribution in [2.45, 2.75) is 50.7 Å². The monoisotopic (exact) mass is 330 g/mol. The van der Waals surface area contributed by atoms with Crippen LogP contribution in [0.25, 0.3) is 0 Å². The second-order valence-electron chi connectivity index (χ2n) is 5.71. The third-order valence-electron chi connectivity index (χ3n) is 3.93. The Kier molecular flexibility index (Phi) is 5.39. The third kappa shape index (κ3) is 3.78. The molecule has 23 heavy (non-hydrogen) atoms. The molecule has 0 atom stereocenters. The van der Waals surface area contributed by atoms with Gasteiger partial charge in [0.15, 0.2) is 5.16 Å². The Balaban J connectivity index is 1.97. The Bertz CT molecular complexity index is 713. The molecular formula is C18H22N2O2S. The smallest absolute Gasteiger partial charge is 0.261 e. The average Bonchev–Trinajstić information content (AvgIpc) is 2.59. The predicted molar refractivity (Wildman–Crippen MR) is 93.6 cm³/mol. The van der Waals surface area contributed by atoms with Gasteiger partial charge in [-0.15, -0.1) is 0 Å². The minimum atomic E-state index is 0.0734. The Hall–Kier alpha value is -1.75. The average molecular weight is 330 g/mol. The molecule has 2 aromatic rings. The van der Waals surface area contributed by atoms with Gasteiger partial charge in [-0.1, -0.05) is 49.7 Å². The summed E-state index contributed by atoms with van der Waals surface area (Å²) in [5, 5.41) is 0.784. The summed E-state index contributed by atoms with van der Waals surface area (Å²) in [6.45, 7) is 2.93. The highest BCUT2D eigenvalue weighted by molar-refractivity contribution is 7.99. The largest absolute Gasteiger partial charge is 0.438 e. The van der Waals surface area contributed by atoms with E-state index >= 15 is 0 Å². The fourth-order valence-corrected chi connectivity index (χ4v) is 3.63. The molecule has 3 rings (SSSR count). The maximum absolute atomic E-state index is 12.8. The van der Waals surface area contributed by atoms with Crippen molar-refractivity contribution in [2.24, 2.45) is 0 Å². The molecule has 122 valence electrons. The highest BCUT2D eigenvalue weighted by atomic mass is 32.2. The van der Waals surface area contributed by atoms with E-state index in [0.29, 0.717) is 11.4 Å². The molecule has 0 bridgehead atoms. The van der Waals surface area contributed by atoms with Crippen molar-refractivity contribution in [3.63, 3.8) is 0 Å². The van der Waals surface area contributed by atoms with Crippen molar-refractivity contribution in [3.05, 3.63) is 46.2 Å². The molecule has 0 N–H and O–H groups in total. The second-order valence-corrected chi connectivity index (χ2v) is 6.77. The van der Waals surface area contributed by atoms with Gasteiger partial charge in [-0.3, -0.25) is 9.36 Å². The van der Waals surface area contributed by atoms with Crippen LogP contribution in [0.3, 0.4) is 0 Å². The van der Waals surface area contributed by atoms with Crippen LogP contribution < -0.4 is 10.3 Å². The third-order valence-corrected chi connectivity index (χ3v) is 5.00. The summed E-state index contributed by atoms with van der Waals surface area (Å²) in [5.41, 5.74) is 0.790. The zero-order valence-corrected chi connectivity index (χ0v) is 14.3. The Morgan fingerprint density at radius 3 is 2.87 bits per heavy atom. The van der Waals surface area contributed by atoms with Crippen LogP contribution in [0, 0.1) is 0 Å². The molecule has 5 heteroatoms. The van der Waals surface area contributed by atoms with E-state index in [0.717, 1.165) is 55.3 Å². The summed E-state index contributed by atoms with van der Waals surface area (Å²) in [6, 6.07) is 9.57. The lowest BCUT2D eigenvalue weighted by molar-refractivity contribution is 0.428. The van der Waals surface area contributed by atoms with Crippen LogP contribution in [0.15, 0.2) is 40.3 Å². The molecule has 0 saturated heterocycles. The number of nitrogens with zero attached hydrogens (tertiary/aromatic N) is 2. The van der Waals surface area contributed by atoms with E-state index in [2.05, 4.69) is 11.9 Å². The van der Waals surface area contributed by atoms with Crippen molar-refractivity contribution >= 4 is 11.8 Å². The van der Waals surface area contributed by atoms with Crippen LogP contribution in [-0.4, -0.2) is 15.3 Å². The zero-order chi connectivity index (χ0) is 16.1. The lowest BCUT2D eigenvalue weighted by Crippen LogP contribution is -2.29. The summed E-state index contributed by atoms with van der Waals surface area (Å²) in [6.07, 6.45) is 4.98. The number of rotatable bonds is 6. The first-order valence-electron chi connectivity index (χ1n) is 8.29. The van der Waals surface area contributed by atoms with E-state index < -0.39 is 0 Å². The molecule has 4 nitrogen and oxygen atoms in total. The Morgan fingerprint density at radius 1 is 1.26 bits per heavy atom. The van der Waals surface area contributed by atoms with Gasteiger partial charge in [0.25, 0.3) is 5.56 Å². The van der Waals surface area contributed by atoms with E-state index in [9.17, 15) is 4.79 Å². The van der Waals surface area contributed by atoms with Crippen molar-refractivity contribution < 1.29 is 4.74 Å². The van der Waals surface area contributed by atoms with Crippen molar-refractivity contribution in [1.82, 2.24) is 9.55 Å². The molecule has 1 aliphatic heterocycles. The fraction of sp³-hybridized carbons (Fsp3) is 0.444. The van der Waals surface area contributed by atoms with Crippen LogP contribution in [0.5, 0.6) is 11.6 Å². The highest BCUT2D eigenvalue weighted by Gasteiger charge is 2.20. The zero-order valence-electron chi connectivity index (χ0n) is 13.5. The van der Waals surface area contributed by atoms with Gasteiger partial charge in [0, 0.05) is 12.3 Å². The SMILES string of the molecule is CCCCCc1c(Oc2ccccc2)nc2n(c1=O)CCCS2. The van der Waals surface area contributed by atoms with E-state index in [1.54, 1.807) is 11.8 Å². The maximum atomic E-state index is 12.8. The molecule has 1 aromatic carbocycles. The van der Waals surface area contributed by atoms with Crippen molar-refractivity contribution in [1.29, 1.82) is 0 Å². The van der Waals surface area contributed by atoms with E-state index in [4.69, 9.17) is 4.74 Å². The van der Waals surface area contributed by atoms with Crippen molar-refractivity contribution in [3.8, 4) is 11.6 Å². The van der Waals surface area contributed by atoms with Gasteiger partial charge in [0.05, 0.1) is 5.56 Å². The minimum Gasteiger partial charge on any atom is -0.438 e. The van der Waals surface area contributed by atoms with Crippen LogP contribution in [0.4, 0.5) is 0 Å². The van der Waals surface area contributed by atoms with Gasteiger partial charge in [0.2, 0.25) is 5.88 Å². The Labute approximate surface area is 140 Å². The number of para-hydroxylation sites is 1. The molecule has 0 fully saturated rings. The fourth-order valence-electron chi connectivity index (χ4n) is 2.70. The van der Waals surface area contributed by atoms with Gasteiger partial charge in [-0.25, -0.2) is 0 Å². The number of fused-ring (bicyclic) bond motifs is 1. The molecule has 1 aliphatic rings. The predicted octanol–water partition coefficient (Wildman–Crippen LogP) is 4.26. The Morgan fingerprint density at radius 2 is 2.09 bits per heavy atom. The summed E-state index contributed by atoms with van der Waals surface area (Å²) < 4.78 is 7.76. The van der Waals surface area contributed by atoms with Crippen molar-refractivity contribution in [2.75, 3.05) is 5.75 Å². The molecule has 0 radical (unpaired) electrons. The quantitative estimate of drug-likeness (QED) is 0.586. The molecule has 0 unspecified atom stereocenters. The van der Waals surface area contributed by atoms with Gasteiger partial charge in [-0.2, -0.15) is 4.98 Å². The van der Waals surface area contributed by atoms with Crippen LogP contribution in [-0.2, 0) is 13.0 Å². The first-order valence-corrected chi connectivity index (χ1v) is 9.27. The van der Waals surface area contributed by atoms with Gasteiger partial charge in [-0.05, 0) is 31.4 Å². The number of hydrogen-bond donors (Lipinski definition) is 0. The summed E-state index contributed by atoms with van der Waals surface area (Å²) in [5.74, 6) is 2.21. The van der Waals surface area contributed by atoms with E-state index in [1.165, 1.54) is 0 Å². The molecule has 0 spiro atoms. The molecule has 0 saturated carbocycles. The van der Waals surface area contributed by atoms with Crippen LogP contribution >= 0.6 is 11.8 Å². The second kappa shape index (κ2) is 7.68. The maximum Gasteiger partial charge on any atom is 0.261 e. The lowest BCUT2D eigenvalue weighted by atomic mass is 10.1. The van der Waals surface area contributed by atoms with Crippen LogP contribution in [0.2, 0.25) is 0 Å². The van der Waals surface area contributed by atoms with E-state index in [-0.39, 0.29) is 5.56 Å². The summed E-state index contributed by atoms with van der Waals surface area (Å²) in [4.78, 5) is 17.5. The molecule has 2 heterocycles. The number of unbranched alkanes of at least 4 members (excludes halogenated alkanes) is 2. The number of hydrogen-bond acceptors (Lipinski definition) is 4. The van der Waals surface area contributed by atoms with E-state index in [1.807, 2.05) is 34.9 Å². The lowest BCUT2D eigenvalue weighted by Gasteiger charge is -2.19. The topological polar surface area (TPSA) is 44.1 Å².